The van der Waals surface area contributed by atoms with E-state index in [0.29, 0.717) is 31.0 Å². The van der Waals surface area contributed by atoms with Crippen LogP contribution in [0.1, 0.15) is 24.5 Å². The Labute approximate surface area is 163 Å². The van der Waals surface area contributed by atoms with E-state index in [2.05, 4.69) is 19.9 Å². The molecule has 5 rings (SSSR count). The number of anilines is 2. The van der Waals surface area contributed by atoms with Crippen LogP contribution in [0, 0.1) is 0 Å². The summed E-state index contributed by atoms with van der Waals surface area (Å²) < 4.78 is 18.7. The van der Waals surface area contributed by atoms with E-state index in [1.54, 1.807) is 12.4 Å². The quantitative estimate of drug-likeness (QED) is 0.841. The Balaban J connectivity index is 1.40. The lowest BCUT2D eigenvalue weighted by Gasteiger charge is -2.41. The van der Waals surface area contributed by atoms with Crippen LogP contribution in [0.5, 0.6) is 0 Å². The normalized spacial score (nSPS) is 22.1. The van der Waals surface area contributed by atoms with Gasteiger partial charge in [0, 0.05) is 29.6 Å². The zero-order valence-corrected chi connectivity index (χ0v) is 15.7. The minimum atomic E-state index is -0.802. The van der Waals surface area contributed by atoms with Gasteiger partial charge in [-0.05, 0) is 32.0 Å². The molecular formula is C19H24FN7O. The first kappa shape index (κ1) is 17.7. The monoisotopic (exact) mass is 385 g/mol. The van der Waals surface area contributed by atoms with Crippen molar-refractivity contribution in [3.8, 4) is 11.3 Å². The van der Waals surface area contributed by atoms with E-state index in [0.717, 1.165) is 56.1 Å². The van der Waals surface area contributed by atoms with Crippen LogP contribution in [0.25, 0.3) is 11.3 Å². The lowest BCUT2D eigenvalue weighted by molar-refractivity contribution is -0.0713. The molecule has 3 aliphatic rings. The Morgan fingerprint density at radius 3 is 2.39 bits per heavy atom. The van der Waals surface area contributed by atoms with Crippen LogP contribution in [0.3, 0.4) is 0 Å². The predicted molar refractivity (Wildman–Crippen MR) is 103 cm³/mol. The van der Waals surface area contributed by atoms with Gasteiger partial charge >= 0.3 is 0 Å². The number of rotatable bonds is 4. The standard InChI is InChI=1S/C19H24FN7O/c20-14-8-27(9-14)19-24-16(5-17(25-19)13-6-22-18(21)23-7-13)12-1-3-26(4-2-12)15-10-28-11-15/h5-7,12,14-15H,1-4,8-11H2,(H2,21,22,23). The lowest BCUT2D eigenvalue weighted by Crippen LogP contribution is -2.51. The van der Waals surface area contributed by atoms with Crippen LogP contribution >= 0.6 is 0 Å². The lowest BCUT2D eigenvalue weighted by atomic mass is 9.91. The van der Waals surface area contributed by atoms with Crippen LogP contribution < -0.4 is 10.6 Å². The van der Waals surface area contributed by atoms with Gasteiger partial charge in [0.05, 0.1) is 38.0 Å². The molecule has 0 spiro atoms. The third kappa shape index (κ3) is 3.40. The fourth-order valence-corrected chi connectivity index (χ4v) is 4.00. The second-order valence-electron chi connectivity index (χ2n) is 7.81. The summed E-state index contributed by atoms with van der Waals surface area (Å²) in [6, 6.07) is 2.60. The van der Waals surface area contributed by atoms with Gasteiger partial charge in [0.2, 0.25) is 11.9 Å². The van der Waals surface area contributed by atoms with Crippen LogP contribution in [0.2, 0.25) is 0 Å². The predicted octanol–water partition coefficient (Wildman–Crippen LogP) is 1.25. The summed E-state index contributed by atoms with van der Waals surface area (Å²) >= 11 is 0. The number of alkyl halides is 1. The molecule has 3 aliphatic heterocycles. The highest BCUT2D eigenvalue weighted by Crippen LogP contribution is 2.32. The van der Waals surface area contributed by atoms with Crippen molar-refractivity contribution in [1.82, 2.24) is 24.8 Å². The molecule has 0 aliphatic carbocycles. The second kappa shape index (κ2) is 7.21. The third-order valence-electron chi connectivity index (χ3n) is 5.91. The first-order valence-electron chi connectivity index (χ1n) is 9.83. The maximum Gasteiger partial charge on any atom is 0.226 e. The average Bonchev–Trinajstić information content (AvgIpc) is 2.65. The molecule has 9 heteroatoms. The zero-order valence-electron chi connectivity index (χ0n) is 15.7. The molecular weight excluding hydrogens is 361 g/mol. The molecule has 148 valence electrons. The van der Waals surface area contributed by atoms with Gasteiger partial charge in [0.15, 0.2) is 0 Å². The van der Waals surface area contributed by atoms with E-state index >= 15 is 0 Å². The summed E-state index contributed by atoms with van der Waals surface area (Å²) in [7, 11) is 0. The number of halogens is 1. The summed E-state index contributed by atoms with van der Waals surface area (Å²) in [5.74, 6) is 1.19. The number of nitrogens with two attached hydrogens (primary N) is 1. The highest BCUT2D eigenvalue weighted by molar-refractivity contribution is 5.60. The van der Waals surface area contributed by atoms with Crippen molar-refractivity contribution in [2.75, 3.05) is 50.0 Å². The maximum atomic E-state index is 13.4. The van der Waals surface area contributed by atoms with Crippen LogP contribution in [-0.2, 0) is 4.74 Å². The molecule has 0 amide bonds. The number of nitrogens with zero attached hydrogens (tertiary/aromatic N) is 6. The average molecular weight is 385 g/mol. The number of hydrogen-bond donors (Lipinski definition) is 1. The Bertz CT molecular complexity index is 831. The Hall–Kier alpha value is -2.39. The van der Waals surface area contributed by atoms with Gasteiger partial charge in [0.1, 0.15) is 6.17 Å². The number of ether oxygens (including phenoxy) is 1. The molecule has 0 radical (unpaired) electrons. The SMILES string of the molecule is Nc1ncc(-c2cc(C3CCN(C4COC4)CC3)nc(N3CC(F)C3)n2)cn1. The molecule has 3 saturated heterocycles. The summed E-state index contributed by atoms with van der Waals surface area (Å²) in [6.45, 7) is 4.50. The van der Waals surface area contributed by atoms with Crippen molar-refractivity contribution in [2.24, 2.45) is 0 Å². The van der Waals surface area contributed by atoms with E-state index in [1.165, 1.54) is 0 Å². The molecule has 2 aromatic heterocycles. The largest absolute Gasteiger partial charge is 0.378 e. The van der Waals surface area contributed by atoms with Crippen molar-refractivity contribution < 1.29 is 9.13 Å². The molecule has 2 aromatic rings. The summed E-state index contributed by atoms with van der Waals surface area (Å²) in [4.78, 5) is 22.0. The van der Waals surface area contributed by atoms with Crippen LogP contribution in [0.15, 0.2) is 18.5 Å². The molecule has 3 fully saturated rings. The summed E-state index contributed by atoms with van der Waals surface area (Å²) in [5.41, 5.74) is 8.18. The summed E-state index contributed by atoms with van der Waals surface area (Å²) in [6.07, 6.45) is 4.65. The molecule has 2 N–H and O–H groups in total. The van der Waals surface area contributed by atoms with Gasteiger partial charge in [-0.1, -0.05) is 0 Å². The number of likely N-dealkylation sites (tertiary alicyclic amines) is 1. The highest BCUT2D eigenvalue weighted by Gasteiger charge is 2.32. The molecule has 0 saturated carbocycles. The topological polar surface area (TPSA) is 93.3 Å². The van der Waals surface area contributed by atoms with Crippen LogP contribution in [0.4, 0.5) is 16.3 Å². The number of nitrogen functional groups attached to an aromatic ring is 1. The van der Waals surface area contributed by atoms with Crippen LogP contribution in [-0.4, -0.2) is 76.4 Å². The van der Waals surface area contributed by atoms with Crippen molar-refractivity contribution in [1.29, 1.82) is 0 Å². The smallest absolute Gasteiger partial charge is 0.226 e. The van der Waals surface area contributed by atoms with Gasteiger partial charge in [-0.2, -0.15) is 0 Å². The van der Waals surface area contributed by atoms with Gasteiger partial charge in [0.25, 0.3) is 0 Å². The van der Waals surface area contributed by atoms with Gasteiger partial charge in [-0.25, -0.2) is 24.3 Å². The zero-order chi connectivity index (χ0) is 19.1. The second-order valence-corrected chi connectivity index (χ2v) is 7.81. The number of piperidine rings is 1. The Morgan fingerprint density at radius 2 is 1.79 bits per heavy atom. The maximum absolute atomic E-state index is 13.4. The fourth-order valence-electron chi connectivity index (χ4n) is 4.00. The number of aromatic nitrogens is 4. The highest BCUT2D eigenvalue weighted by atomic mass is 19.1. The first-order valence-corrected chi connectivity index (χ1v) is 9.83. The first-order chi connectivity index (χ1) is 13.7. The molecule has 0 aromatic carbocycles. The fraction of sp³-hybridized carbons (Fsp3) is 0.579. The molecule has 0 unspecified atom stereocenters. The number of hydrogen-bond acceptors (Lipinski definition) is 8. The van der Waals surface area contributed by atoms with Crippen molar-refractivity contribution in [3.63, 3.8) is 0 Å². The Morgan fingerprint density at radius 1 is 1.07 bits per heavy atom. The minimum absolute atomic E-state index is 0.230. The van der Waals surface area contributed by atoms with E-state index < -0.39 is 6.17 Å². The van der Waals surface area contributed by atoms with Crippen molar-refractivity contribution in [2.45, 2.75) is 31.0 Å². The molecule has 8 nitrogen and oxygen atoms in total. The summed E-state index contributed by atoms with van der Waals surface area (Å²) in [5, 5.41) is 0. The molecule has 28 heavy (non-hydrogen) atoms. The third-order valence-corrected chi connectivity index (χ3v) is 5.91. The molecule has 0 atom stereocenters. The molecule has 0 bridgehead atoms. The van der Waals surface area contributed by atoms with E-state index in [1.807, 2.05) is 11.0 Å². The van der Waals surface area contributed by atoms with Gasteiger partial charge in [-0.15, -0.1) is 0 Å². The molecule has 5 heterocycles. The van der Waals surface area contributed by atoms with Crippen molar-refractivity contribution >= 4 is 11.9 Å². The Kier molecular flexibility index (Phi) is 4.56. The van der Waals surface area contributed by atoms with Gasteiger partial charge in [-0.3, -0.25) is 4.90 Å². The van der Waals surface area contributed by atoms with Crippen molar-refractivity contribution in [3.05, 3.63) is 24.2 Å². The van der Waals surface area contributed by atoms with E-state index in [4.69, 9.17) is 15.5 Å². The van der Waals surface area contributed by atoms with E-state index in [9.17, 15) is 4.39 Å². The van der Waals surface area contributed by atoms with E-state index in [-0.39, 0.29) is 5.95 Å². The minimum Gasteiger partial charge on any atom is -0.378 e. The van der Waals surface area contributed by atoms with Gasteiger partial charge < -0.3 is 15.4 Å².